The molecule has 2 aromatic carbocycles. The summed E-state index contributed by atoms with van der Waals surface area (Å²) in [5.41, 5.74) is 7.37. The van der Waals surface area contributed by atoms with Crippen LogP contribution in [0, 0.1) is 7.14 Å². The first-order valence-corrected chi connectivity index (χ1v) is 8.53. The maximum Gasteiger partial charge on any atom is 0.254 e. The van der Waals surface area contributed by atoms with Crippen LogP contribution in [0.25, 0.3) is 11.0 Å². The van der Waals surface area contributed by atoms with E-state index < -0.39 is 5.91 Å². The highest BCUT2D eigenvalue weighted by atomic mass is 127. The van der Waals surface area contributed by atoms with Crippen LogP contribution in [0.5, 0.6) is 0 Å². The smallest absolute Gasteiger partial charge is 0.254 e. The number of rotatable bonds is 2. The minimum absolute atomic E-state index is 0.227. The quantitative estimate of drug-likeness (QED) is 0.525. The van der Waals surface area contributed by atoms with Gasteiger partial charge in [-0.2, -0.15) is 0 Å². The van der Waals surface area contributed by atoms with Crippen molar-refractivity contribution in [3.63, 3.8) is 0 Å². The van der Waals surface area contributed by atoms with E-state index in [1.54, 1.807) is 6.07 Å². The fourth-order valence-corrected chi connectivity index (χ4v) is 4.04. The van der Waals surface area contributed by atoms with Gasteiger partial charge in [0.15, 0.2) is 0 Å². The number of para-hydroxylation sites is 1. The number of fused-ring (bicyclic) bond motifs is 1. The van der Waals surface area contributed by atoms with E-state index in [9.17, 15) is 4.79 Å². The summed E-state index contributed by atoms with van der Waals surface area (Å²) in [6.07, 6.45) is 0. The number of amides is 1. The largest absolute Gasteiger partial charge is 0.436 e. The monoisotopic (exact) mass is 516 g/mol. The van der Waals surface area contributed by atoms with Crippen LogP contribution < -0.4 is 11.3 Å². The van der Waals surface area contributed by atoms with Crippen molar-refractivity contribution in [1.29, 1.82) is 0 Å². The van der Waals surface area contributed by atoms with Crippen molar-refractivity contribution in [2.24, 2.45) is 10.7 Å². The lowest BCUT2D eigenvalue weighted by atomic mass is 10.2. The van der Waals surface area contributed by atoms with E-state index in [2.05, 4.69) is 50.2 Å². The number of benzene rings is 2. The molecule has 2 N–H and O–H groups in total. The lowest BCUT2D eigenvalue weighted by molar-refractivity contribution is 0.0996. The van der Waals surface area contributed by atoms with Gasteiger partial charge in [0.05, 0.1) is 9.26 Å². The van der Waals surface area contributed by atoms with Gasteiger partial charge in [-0.15, -0.1) is 0 Å². The lowest BCUT2D eigenvalue weighted by Crippen LogP contribution is -2.21. The minimum Gasteiger partial charge on any atom is -0.436 e. The molecule has 0 unspecified atom stereocenters. The minimum atomic E-state index is -0.561. The third-order valence-corrected chi connectivity index (χ3v) is 4.44. The first-order valence-electron chi connectivity index (χ1n) is 6.37. The van der Waals surface area contributed by atoms with Gasteiger partial charge >= 0.3 is 0 Å². The summed E-state index contributed by atoms with van der Waals surface area (Å²) < 4.78 is 7.89. The summed E-state index contributed by atoms with van der Waals surface area (Å²) in [5.74, 6) is -0.561. The first kappa shape index (κ1) is 15.5. The van der Waals surface area contributed by atoms with Gasteiger partial charge in [0.2, 0.25) is 5.55 Å². The SMILES string of the molecule is NC(=O)c1cc2cc(I)cc(I)c2oc1=Nc1ccccc1. The predicted molar refractivity (Wildman–Crippen MR) is 102 cm³/mol. The highest BCUT2D eigenvalue weighted by molar-refractivity contribution is 14.1. The van der Waals surface area contributed by atoms with Crippen molar-refractivity contribution in [2.75, 3.05) is 0 Å². The molecule has 0 atom stereocenters. The molecule has 0 bridgehead atoms. The maximum atomic E-state index is 11.7. The molecule has 6 heteroatoms. The molecule has 0 aliphatic carbocycles. The first-order chi connectivity index (χ1) is 10.5. The number of carbonyl (C=O) groups excluding carboxylic acids is 1. The molecule has 0 saturated heterocycles. The van der Waals surface area contributed by atoms with Crippen LogP contribution in [0.1, 0.15) is 10.4 Å². The molecule has 3 rings (SSSR count). The van der Waals surface area contributed by atoms with Crippen molar-refractivity contribution in [2.45, 2.75) is 0 Å². The van der Waals surface area contributed by atoms with Crippen LogP contribution in [-0.2, 0) is 0 Å². The van der Waals surface area contributed by atoms with E-state index >= 15 is 0 Å². The van der Waals surface area contributed by atoms with Crippen LogP contribution >= 0.6 is 45.2 Å². The summed E-state index contributed by atoms with van der Waals surface area (Å²) in [7, 11) is 0. The Morgan fingerprint density at radius 1 is 1.09 bits per heavy atom. The zero-order valence-electron chi connectivity index (χ0n) is 11.2. The van der Waals surface area contributed by atoms with Gasteiger partial charge in [-0.05, 0) is 75.5 Å². The summed E-state index contributed by atoms with van der Waals surface area (Å²) in [6.45, 7) is 0. The zero-order valence-corrected chi connectivity index (χ0v) is 15.5. The number of halogens is 2. The molecule has 1 aromatic heterocycles. The van der Waals surface area contributed by atoms with Gasteiger partial charge in [0.1, 0.15) is 11.1 Å². The number of hydrogen-bond donors (Lipinski definition) is 1. The molecule has 1 amide bonds. The third kappa shape index (κ3) is 3.17. The Morgan fingerprint density at radius 3 is 2.50 bits per heavy atom. The Bertz CT molecular complexity index is 934. The topological polar surface area (TPSA) is 68.6 Å². The Kier molecular flexibility index (Phi) is 4.48. The third-order valence-electron chi connectivity index (χ3n) is 3.02. The van der Waals surface area contributed by atoms with Gasteiger partial charge in [0.25, 0.3) is 5.91 Å². The molecule has 4 nitrogen and oxygen atoms in total. The number of carbonyl (C=O) groups is 1. The predicted octanol–water partition coefficient (Wildman–Crippen LogP) is 3.97. The molecular formula is C16H10I2N2O2. The number of nitrogens with two attached hydrogens (primary N) is 1. The zero-order chi connectivity index (χ0) is 15.7. The average molecular weight is 516 g/mol. The maximum absolute atomic E-state index is 11.7. The van der Waals surface area contributed by atoms with Crippen LogP contribution in [0.4, 0.5) is 5.69 Å². The van der Waals surface area contributed by atoms with Crippen molar-refractivity contribution in [3.05, 3.63) is 66.8 Å². The molecular weight excluding hydrogens is 506 g/mol. The van der Waals surface area contributed by atoms with E-state index in [-0.39, 0.29) is 11.1 Å². The Balaban J connectivity index is 2.35. The average Bonchev–Trinajstić information content (AvgIpc) is 2.48. The second kappa shape index (κ2) is 6.37. The molecule has 1 heterocycles. The molecule has 0 spiro atoms. The van der Waals surface area contributed by atoms with Crippen molar-refractivity contribution >= 4 is 67.7 Å². The number of primary amides is 1. The fourth-order valence-electron chi connectivity index (χ4n) is 2.04. The second-order valence-corrected chi connectivity index (χ2v) is 6.99. The highest BCUT2D eigenvalue weighted by Crippen LogP contribution is 2.23. The van der Waals surface area contributed by atoms with E-state index in [1.807, 2.05) is 42.5 Å². The fraction of sp³-hybridized carbons (Fsp3) is 0. The highest BCUT2D eigenvalue weighted by Gasteiger charge is 2.11. The molecule has 0 saturated carbocycles. The molecule has 0 aliphatic rings. The standard InChI is InChI=1S/C16H10I2N2O2/c17-10-6-9-7-12(15(19)21)16(22-14(9)13(18)8-10)20-11-4-2-1-3-5-11/h1-8H,(H2,19,21). The van der Waals surface area contributed by atoms with Gasteiger partial charge in [-0.1, -0.05) is 18.2 Å². The van der Waals surface area contributed by atoms with E-state index in [1.165, 1.54) is 0 Å². The Labute approximate surface area is 153 Å². The number of nitrogens with zero attached hydrogens (tertiary/aromatic N) is 1. The van der Waals surface area contributed by atoms with Crippen molar-refractivity contribution in [3.8, 4) is 0 Å². The van der Waals surface area contributed by atoms with Gasteiger partial charge in [-0.3, -0.25) is 4.79 Å². The summed E-state index contributed by atoms with van der Waals surface area (Å²) >= 11 is 4.43. The Hall–Kier alpha value is -1.42. The van der Waals surface area contributed by atoms with E-state index in [0.717, 1.165) is 12.5 Å². The molecule has 3 aromatic rings. The van der Waals surface area contributed by atoms with Crippen LogP contribution in [0.3, 0.4) is 0 Å². The van der Waals surface area contributed by atoms with Gasteiger partial charge in [0, 0.05) is 8.96 Å². The summed E-state index contributed by atoms with van der Waals surface area (Å²) in [4.78, 5) is 16.1. The molecule has 0 fully saturated rings. The summed E-state index contributed by atoms with van der Waals surface area (Å²) in [5, 5.41) is 0.831. The summed E-state index contributed by atoms with van der Waals surface area (Å²) in [6, 6.07) is 15.0. The van der Waals surface area contributed by atoms with Gasteiger partial charge in [-0.25, -0.2) is 4.99 Å². The van der Waals surface area contributed by atoms with Crippen molar-refractivity contribution in [1.82, 2.24) is 0 Å². The van der Waals surface area contributed by atoms with E-state index in [4.69, 9.17) is 10.2 Å². The van der Waals surface area contributed by atoms with Crippen LogP contribution in [0.15, 0.2) is 57.9 Å². The Morgan fingerprint density at radius 2 is 1.82 bits per heavy atom. The molecule has 22 heavy (non-hydrogen) atoms. The lowest BCUT2D eigenvalue weighted by Gasteiger charge is -2.04. The molecule has 0 aliphatic heterocycles. The van der Waals surface area contributed by atoms with Crippen molar-refractivity contribution < 1.29 is 9.21 Å². The second-order valence-electron chi connectivity index (χ2n) is 4.58. The normalized spacial score (nSPS) is 11.8. The molecule has 110 valence electrons. The molecule has 0 radical (unpaired) electrons. The van der Waals surface area contributed by atoms with Crippen LogP contribution in [-0.4, -0.2) is 5.91 Å². The van der Waals surface area contributed by atoms with Gasteiger partial charge < -0.3 is 10.2 Å². The van der Waals surface area contributed by atoms with Crippen LogP contribution in [0.2, 0.25) is 0 Å². The number of hydrogen-bond acceptors (Lipinski definition) is 3. The van der Waals surface area contributed by atoms with E-state index in [0.29, 0.717) is 11.3 Å².